The Morgan fingerprint density at radius 1 is 1.10 bits per heavy atom. The third-order valence-corrected chi connectivity index (χ3v) is 8.33. The molecule has 0 saturated heterocycles. The maximum Gasteiger partial charge on any atom is 0.416 e. The van der Waals surface area contributed by atoms with Crippen LogP contribution < -0.4 is 5.32 Å². The molecule has 0 aliphatic heterocycles. The summed E-state index contributed by atoms with van der Waals surface area (Å²) in [7, 11) is -3.33. The van der Waals surface area contributed by atoms with E-state index in [0.717, 1.165) is 12.1 Å². The summed E-state index contributed by atoms with van der Waals surface area (Å²) < 4.78 is 66.5. The molecule has 206 valence electrons. The van der Waals surface area contributed by atoms with Crippen LogP contribution in [0.2, 0.25) is 5.02 Å². The summed E-state index contributed by atoms with van der Waals surface area (Å²) in [4.78, 5) is 17.4. The molecule has 2 N–H and O–H groups in total. The van der Waals surface area contributed by atoms with Crippen molar-refractivity contribution >= 4 is 33.0 Å². The third-order valence-electron chi connectivity index (χ3n) is 6.34. The number of rotatable bonds is 8. The molecule has 0 spiro atoms. The normalized spacial score (nSPS) is 13.0. The average Bonchev–Trinajstić information content (AvgIpc) is 3.29. The van der Waals surface area contributed by atoms with Crippen LogP contribution in [0.1, 0.15) is 58.4 Å². The van der Waals surface area contributed by atoms with Crippen LogP contribution in [-0.4, -0.2) is 34.6 Å². The average molecular weight is 580 g/mol. The van der Waals surface area contributed by atoms with Gasteiger partial charge in [-0.1, -0.05) is 43.6 Å². The molecule has 0 aliphatic rings. The Labute approximate surface area is 228 Å². The van der Waals surface area contributed by atoms with E-state index in [-0.39, 0.29) is 44.7 Å². The smallest absolute Gasteiger partial charge is 0.382 e. The fourth-order valence-electron chi connectivity index (χ4n) is 4.25. The molecule has 1 atom stereocenters. The quantitative estimate of drug-likeness (QED) is 0.292. The summed E-state index contributed by atoms with van der Waals surface area (Å²) in [5, 5.41) is 13.6. The van der Waals surface area contributed by atoms with Gasteiger partial charge in [-0.25, -0.2) is 13.4 Å². The Morgan fingerprint density at radius 2 is 1.79 bits per heavy atom. The van der Waals surface area contributed by atoms with Gasteiger partial charge in [0, 0.05) is 29.0 Å². The minimum atomic E-state index is -4.73. The highest BCUT2D eigenvalue weighted by Crippen LogP contribution is 2.38. The first kappa shape index (κ1) is 28.6. The molecular formula is C27H25ClF3N3O4S. The SMILES string of the molecule is CCc1c(C(O)c2ccc(Cl)cc2C(F)(F)F)nc2cc(C(=O)NCc3ccc(S(=O)(=O)CC)cc3)ccn12. The number of aliphatic hydroxyl groups is 1. The first-order valence-electron chi connectivity index (χ1n) is 12.0. The zero-order chi connectivity index (χ0) is 28.5. The fourth-order valence-corrected chi connectivity index (χ4v) is 5.31. The van der Waals surface area contributed by atoms with Crippen molar-refractivity contribution in [3.63, 3.8) is 0 Å². The van der Waals surface area contributed by atoms with Crippen LogP contribution in [-0.2, 0) is 29.0 Å². The van der Waals surface area contributed by atoms with Gasteiger partial charge in [0.25, 0.3) is 5.91 Å². The zero-order valence-corrected chi connectivity index (χ0v) is 22.5. The third kappa shape index (κ3) is 5.95. The second-order valence-electron chi connectivity index (χ2n) is 8.80. The van der Waals surface area contributed by atoms with Crippen LogP contribution in [0.3, 0.4) is 0 Å². The number of nitrogens with one attached hydrogen (secondary N) is 1. The second-order valence-corrected chi connectivity index (χ2v) is 11.5. The minimum Gasteiger partial charge on any atom is -0.382 e. The van der Waals surface area contributed by atoms with Gasteiger partial charge in [0.2, 0.25) is 0 Å². The van der Waals surface area contributed by atoms with E-state index < -0.39 is 33.6 Å². The maximum atomic E-state index is 13.7. The van der Waals surface area contributed by atoms with Crippen molar-refractivity contribution in [2.24, 2.45) is 0 Å². The predicted molar refractivity (Wildman–Crippen MR) is 140 cm³/mol. The highest BCUT2D eigenvalue weighted by atomic mass is 35.5. The number of sulfone groups is 1. The van der Waals surface area contributed by atoms with Crippen LogP contribution in [0.4, 0.5) is 13.2 Å². The summed E-state index contributed by atoms with van der Waals surface area (Å²) >= 11 is 5.78. The second kappa shape index (κ2) is 11.0. The number of fused-ring (bicyclic) bond motifs is 1. The number of halogens is 4. The topological polar surface area (TPSA) is 101 Å². The number of carbonyl (C=O) groups is 1. The van der Waals surface area contributed by atoms with Crippen molar-refractivity contribution in [1.29, 1.82) is 0 Å². The van der Waals surface area contributed by atoms with Crippen LogP contribution in [0.5, 0.6) is 0 Å². The van der Waals surface area contributed by atoms with Crippen molar-refractivity contribution in [1.82, 2.24) is 14.7 Å². The molecule has 0 aliphatic carbocycles. The number of aromatic nitrogens is 2. The zero-order valence-electron chi connectivity index (χ0n) is 21.0. The highest BCUT2D eigenvalue weighted by Gasteiger charge is 2.36. The van der Waals surface area contributed by atoms with Crippen molar-refractivity contribution in [2.75, 3.05) is 5.75 Å². The predicted octanol–water partition coefficient (Wildman–Crippen LogP) is 5.37. The van der Waals surface area contributed by atoms with Gasteiger partial charge in [-0.15, -0.1) is 0 Å². The number of imidazole rings is 1. The van der Waals surface area contributed by atoms with E-state index in [1.165, 1.54) is 24.3 Å². The van der Waals surface area contributed by atoms with Gasteiger partial charge in [0.15, 0.2) is 9.84 Å². The van der Waals surface area contributed by atoms with Gasteiger partial charge in [0.05, 0.1) is 21.9 Å². The molecule has 2 aromatic heterocycles. The molecule has 0 radical (unpaired) electrons. The van der Waals surface area contributed by atoms with Gasteiger partial charge in [0.1, 0.15) is 11.8 Å². The Balaban J connectivity index is 1.59. The lowest BCUT2D eigenvalue weighted by molar-refractivity contribution is -0.139. The molecule has 4 aromatic rings. The van der Waals surface area contributed by atoms with Gasteiger partial charge in [-0.3, -0.25) is 4.79 Å². The lowest BCUT2D eigenvalue weighted by atomic mass is 9.98. The van der Waals surface area contributed by atoms with Crippen molar-refractivity contribution in [2.45, 2.75) is 44.0 Å². The molecular weight excluding hydrogens is 555 g/mol. The molecule has 1 amide bonds. The Morgan fingerprint density at radius 3 is 2.41 bits per heavy atom. The molecule has 0 bridgehead atoms. The lowest BCUT2D eigenvalue weighted by Gasteiger charge is -2.17. The number of nitrogens with zero attached hydrogens (tertiary/aromatic N) is 2. The summed E-state index contributed by atoms with van der Waals surface area (Å²) in [6.07, 6.45) is -4.48. The summed E-state index contributed by atoms with van der Waals surface area (Å²) in [5.74, 6) is -0.441. The van der Waals surface area contributed by atoms with Crippen LogP contribution in [0.25, 0.3) is 5.65 Å². The van der Waals surface area contributed by atoms with Gasteiger partial charge in [-0.2, -0.15) is 13.2 Å². The van der Waals surface area contributed by atoms with E-state index in [2.05, 4.69) is 10.3 Å². The molecule has 2 heterocycles. The van der Waals surface area contributed by atoms with Crippen LogP contribution in [0.15, 0.2) is 65.7 Å². The molecule has 4 rings (SSSR count). The number of hydrogen-bond acceptors (Lipinski definition) is 5. The number of hydrogen-bond donors (Lipinski definition) is 2. The summed E-state index contributed by atoms with van der Waals surface area (Å²) in [5.41, 5.74) is 0.346. The highest BCUT2D eigenvalue weighted by molar-refractivity contribution is 7.91. The summed E-state index contributed by atoms with van der Waals surface area (Å²) in [6.45, 7) is 3.49. The Bertz CT molecular complexity index is 1630. The number of aliphatic hydroxyl groups excluding tert-OH is 1. The van der Waals surface area contributed by atoms with Gasteiger partial charge in [-0.05, 0) is 53.9 Å². The minimum absolute atomic E-state index is 0.0129. The lowest BCUT2D eigenvalue weighted by Crippen LogP contribution is -2.23. The summed E-state index contributed by atoms with van der Waals surface area (Å²) in [6, 6.07) is 12.4. The van der Waals surface area contributed by atoms with E-state index in [9.17, 15) is 31.5 Å². The number of pyridine rings is 1. The first-order valence-corrected chi connectivity index (χ1v) is 14.0. The van der Waals surface area contributed by atoms with Gasteiger partial charge < -0.3 is 14.8 Å². The van der Waals surface area contributed by atoms with E-state index in [4.69, 9.17) is 11.6 Å². The molecule has 7 nitrogen and oxygen atoms in total. The number of carbonyl (C=O) groups excluding carboxylic acids is 1. The van der Waals surface area contributed by atoms with Gasteiger partial charge >= 0.3 is 6.18 Å². The van der Waals surface area contributed by atoms with Crippen molar-refractivity contribution in [3.05, 3.63) is 99.5 Å². The molecule has 2 aromatic carbocycles. The molecule has 39 heavy (non-hydrogen) atoms. The number of alkyl halides is 3. The Kier molecular flexibility index (Phi) is 8.06. The van der Waals surface area contributed by atoms with E-state index in [0.29, 0.717) is 17.7 Å². The number of benzene rings is 2. The van der Waals surface area contributed by atoms with Crippen LogP contribution in [0, 0.1) is 0 Å². The largest absolute Gasteiger partial charge is 0.416 e. The monoisotopic (exact) mass is 579 g/mol. The van der Waals surface area contributed by atoms with E-state index in [1.807, 2.05) is 0 Å². The molecule has 0 fully saturated rings. The van der Waals surface area contributed by atoms with E-state index in [1.54, 1.807) is 42.6 Å². The number of amides is 1. The Hall–Kier alpha value is -3.41. The number of aryl methyl sites for hydroxylation is 1. The van der Waals surface area contributed by atoms with Crippen molar-refractivity contribution < 1.29 is 31.5 Å². The van der Waals surface area contributed by atoms with Crippen molar-refractivity contribution in [3.8, 4) is 0 Å². The van der Waals surface area contributed by atoms with E-state index >= 15 is 0 Å². The van der Waals surface area contributed by atoms with Crippen LogP contribution >= 0.6 is 11.6 Å². The molecule has 0 saturated carbocycles. The fraction of sp³-hybridized carbons (Fsp3) is 0.259. The standard InChI is InChI=1S/C27H25ClF3N3O4S/c1-3-22-24(25(35)20-10-7-18(28)14-21(20)27(29,30)31)33-23-13-17(11-12-34(22)23)26(36)32-15-16-5-8-19(9-6-16)39(37,38)4-2/h5-14,25,35H,3-4,15H2,1-2H3,(H,32,36). The molecule has 12 heteroatoms. The first-order chi connectivity index (χ1) is 18.4. The maximum absolute atomic E-state index is 13.7. The molecule has 1 unspecified atom stereocenters.